The van der Waals surface area contributed by atoms with E-state index in [0.717, 1.165) is 11.4 Å². The lowest BCUT2D eigenvalue weighted by Gasteiger charge is -2.17. The molecular formula is C13H19NO2S. The molecule has 0 fully saturated rings. The maximum absolute atomic E-state index is 5.58. The summed E-state index contributed by atoms with van der Waals surface area (Å²) in [4.78, 5) is 3.23. The predicted octanol–water partition coefficient (Wildman–Crippen LogP) is 3.01. The van der Waals surface area contributed by atoms with Gasteiger partial charge in [-0.15, -0.1) is 0 Å². The van der Waals surface area contributed by atoms with Crippen LogP contribution >= 0.6 is 11.8 Å². The van der Waals surface area contributed by atoms with Gasteiger partial charge in [0, 0.05) is 32.2 Å². The van der Waals surface area contributed by atoms with E-state index in [-0.39, 0.29) is 0 Å². The van der Waals surface area contributed by atoms with Crippen molar-refractivity contribution in [2.75, 3.05) is 39.3 Å². The zero-order valence-electron chi connectivity index (χ0n) is 10.6. The number of methoxy groups -OCH3 is 1. The van der Waals surface area contributed by atoms with Gasteiger partial charge in [0.2, 0.25) is 0 Å². The Bertz CT molecular complexity index is 366. The zero-order chi connectivity index (χ0) is 12.7. The van der Waals surface area contributed by atoms with E-state index in [2.05, 4.69) is 11.5 Å². The van der Waals surface area contributed by atoms with Crippen molar-refractivity contribution >= 4 is 17.4 Å². The molecule has 0 heterocycles. The molecule has 3 nitrogen and oxygen atoms in total. The molecule has 0 atom stereocenters. The Balaban J connectivity index is 2.81. The van der Waals surface area contributed by atoms with Gasteiger partial charge in [0.25, 0.3) is 0 Å². The van der Waals surface area contributed by atoms with Gasteiger partial charge in [-0.1, -0.05) is 18.3 Å². The van der Waals surface area contributed by atoms with Gasteiger partial charge in [-0.05, 0) is 17.5 Å². The molecule has 0 saturated heterocycles. The van der Waals surface area contributed by atoms with E-state index in [1.54, 1.807) is 18.9 Å². The molecule has 0 saturated carbocycles. The monoisotopic (exact) mass is 253 g/mol. The molecule has 0 N–H and O–H groups in total. The van der Waals surface area contributed by atoms with Gasteiger partial charge in [0.15, 0.2) is 0 Å². The van der Waals surface area contributed by atoms with Crippen molar-refractivity contribution in [2.24, 2.45) is 0 Å². The number of benzene rings is 1. The summed E-state index contributed by atoms with van der Waals surface area (Å²) in [5.41, 5.74) is 1.13. The topological polar surface area (TPSA) is 21.7 Å². The number of ether oxygens (including phenoxy) is 2. The Morgan fingerprint density at radius 1 is 1.35 bits per heavy atom. The summed E-state index contributed by atoms with van der Waals surface area (Å²) in [5, 5.41) is 1.83. The third-order valence-corrected chi connectivity index (χ3v) is 2.94. The molecule has 1 rings (SSSR count). The number of rotatable bonds is 7. The fourth-order valence-corrected chi connectivity index (χ4v) is 2.06. The first kappa shape index (κ1) is 13.9. The van der Waals surface area contributed by atoms with Gasteiger partial charge in [0.05, 0.1) is 12.3 Å². The van der Waals surface area contributed by atoms with Gasteiger partial charge >= 0.3 is 0 Å². The van der Waals surface area contributed by atoms with Crippen molar-refractivity contribution in [1.29, 1.82) is 0 Å². The Hall–Kier alpha value is -1.13. The highest BCUT2D eigenvalue weighted by Crippen LogP contribution is 2.32. The lowest BCUT2D eigenvalue weighted by atomic mass is 10.3. The summed E-state index contributed by atoms with van der Waals surface area (Å²) in [7, 11) is 5.70. The van der Waals surface area contributed by atoms with E-state index in [1.165, 1.54) is 4.90 Å². The molecular weight excluding hydrogens is 234 g/mol. The molecule has 0 amide bonds. The zero-order valence-corrected chi connectivity index (χ0v) is 11.4. The first-order valence-corrected chi connectivity index (χ1v) is 6.27. The molecule has 4 heteroatoms. The van der Waals surface area contributed by atoms with Crippen LogP contribution < -0.4 is 9.64 Å². The minimum absolute atomic E-state index is 0.567. The van der Waals surface area contributed by atoms with Gasteiger partial charge in [-0.25, -0.2) is 0 Å². The summed E-state index contributed by atoms with van der Waals surface area (Å²) in [6.45, 7) is 4.90. The van der Waals surface area contributed by atoms with Crippen molar-refractivity contribution in [3.63, 3.8) is 0 Å². The van der Waals surface area contributed by atoms with Gasteiger partial charge < -0.3 is 14.4 Å². The van der Waals surface area contributed by atoms with E-state index < -0.39 is 0 Å². The number of thioether (sulfide) groups is 1. The van der Waals surface area contributed by atoms with Crippen LogP contribution in [0.3, 0.4) is 0 Å². The van der Waals surface area contributed by atoms with Gasteiger partial charge in [-0.3, -0.25) is 0 Å². The number of hydrogen-bond donors (Lipinski definition) is 0. The molecule has 0 aliphatic carbocycles. The van der Waals surface area contributed by atoms with Crippen molar-refractivity contribution < 1.29 is 9.47 Å². The Kier molecular flexibility index (Phi) is 5.94. The molecule has 0 bridgehead atoms. The average molecular weight is 253 g/mol. The average Bonchev–Trinajstić information content (AvgIpc) is 2.31. The number of anilines is 1. The van der Waals surface area contributed by atoms with Crippen molar-refractivity contribution in [3.05, 3.63) is 30.2 Å². The molecule has 17 heavy (non-hydrogen) atoms. The van der Waals surface area contributed by atoms with Crippen LogP contribution in [0.25, 0.3) is 0 Å². The van der Waals surface area contributed by atoms with Crippen LogP contribution in [0.4, 0.5) is 5.69 Å². The summed E-state index contributed by atoms with van der Waals surface area (Å²) in [6, 6.07) is 6.04. The summed E-state index contributed by atoms with van der Waals surface area (Å²) < 4.78 is 10.5. The SMILES string of the molecule is C=CSc1ccc(OCCOC)cc1N(C)C. The minimum atomic E-state index is 0.567. The van der Waals surface area contributed by atoms with E-state index in [0.29, 0.717) is 13.2 Å². The molecule has 0 aliphatic heterocycles. The van der Waals surface area contributed by atoms with Crippen molar-refractivity contribution in [2.45, 2.75) is 4.90 Å². The van der Waals surface area contributed by atoms with E-state index in [1.807, 2.05) is 37.7 Å². The Labute approximate surface area is 107 Å². The first-order valence-electron chi connectivity index (χ1n) is 5.39. The number of hydrogen-bond acceptors (Lipinski definition) is 4. The maximum atomic E-state index is 5.58. The van der Waals surface area contributed by atoms with E-state index in [9.17, 15) is 0 Å². The highest BCUT2D eigenvalue weighted by atomic mass is 32.2. The third kappa shape index (κ3) is 4.32. The largest absolute Gasteiger partial charge is 0.491 e. The standard InChI is InChI=1S/C13H19NO2S/c1-5-17-13-7-6-11(16-9-8-15-4)10-12(13)14(2)3/h5-7,10H,1,8-9H2,2-4H3. The van der Waals surface area contributed by atoms with Crippen LogP contribution in [0.5, 0.6) is 5.75 Å². The third-order valence-electron chi connectivity index (χ3n) is 2.18. The molecule has 0 radical (unpaired) electrons. The van der Waals surface area contributed by atoms with Crippen molar-refractivity contribution in [1.82, 2.24) is 0 Å². The second-order valence-corrected chi connectivity index (χ2v) is 4.66. The minimum Gasteiger partial charge on any atom is -0.491 e. The van der Waals surface area contributed by atoms with Gasteiger partial charge in [0.1, 0.15) is 12.4 Å². The number of nitrogens with zero attached hydrogens (tertiary/aromatic N) is 1. The van der Waals surface area contributed by atoms with E-state index in [4.69, 9.17) is 9.47 Å². The highest BCUT2D eigenvalue weighted by molar-refractivity contribution is 8.02. The molecule has 0 spiro atoms. The quantitative estimate of drug-likeness (QED) is 0.550. The smallest absolute Gasteiger partial charge is 0.121 e. The van der Waals surface area contributed by atoms with Crippen LogP contribution in [-0.4, -0.2) is 34.4 Å². The lowest BCUT2D eigenvalue weighted by molar-refractivity contribution is 0.146. The summed E-state index contributed by atoms with van der Waals surface area (Å²) in [5.74, 6) is 0.860. The molecule has 0 unspecified atom stereocenters. The Morgan fingerprint density at radius 3 is 2.71 bits per heavy atom. The molecule has 1 aromatic carbocycles. The van der Waals surface area contributed by atoms with Crippen LogP contribution in [0.15, 0.2) is 35.1 Å². The molecule has 0 aliphatic rings. The first-order chi connectivity index (χ1) is 8.19. The van der Waals surface area contributed by atoms with Crippen molar-refractivity contribution in [3.8, 4) is 5.75 Å². The Morgan fingerprint density at radius 2 is 2.12 bits per heavy atom. The van der Waals surface area contributed by atoms with Gasteiger partial charge in [-0.2, -0.15) is 0 Å². The van der Waals surface area contributed by atoms with E-state index >= 15 is 0 Å². The lowest BCUT2D eigenvalue weighted by Crippen LogP contribution is -2.10. The molecule has 94 valence electrons. The van der Waals surface area contributed by atoms with Crippen LogP contribution in [0.1, 0.15) is 0 Å². The normalized spacial score (nSPS) is 10.1. The fraction of sp³-hybridized carbons (Fsp3) is 0.385. The maximum Gasteiger partial charge on any atom is 0.121 e. The van der Waals surface area contributed by atoms with Crippen LogP contribution in [-0.2, 0) is 4.74 Å². The van der Waals surface area contributed by atoms with Crippen LogP contribution in [0.2, 0.25) is 0 Å². The second-order valence-electron chi connectivity index (χ2n) is 3.65. The summed E-state index contributed by atoms with van der Waals surface area (Å²) in [6.07, 6.45) is 0. The predicted molar refractivity (Wildman–Crippen MR) is 74.2 cm³/mol. The molecule has 0 aromatic heterocycles. The van der Waals surface area contributed by atoms with Crippen LogP contribution in [0, 0.1) is 0 Å². The summed E-state index contributed by atoms with van der Waals surface area (Å²) >= 11 is 1.61. The second kappa shape index (κ2) is 7.25. The fourth-order valence-electron chi connectivity index (χ4n) is 1.37. The highest BCUT2D eigenvalue weighted by Gasteiger charge is 2.06. The molecule has 1 aromatic rings.